The Morgan fingerprint density at radius 2 is 1.72 bits per heavy atom. The number of hydrogen-bond acceptors (Lipinski definition) is 10. The third-order valence-corrected chi connectivity index (χ3v) is 10.0. The fraction of sp³-hybridized carbons (Fsp3) is 0.357. The Balaban J connectivity index is 0.000000323. The van der Waals surface area contributed by atoms with Crippen molar-refractivity contribution in [1.82, 2.24) is 19.3 Å². The highest BCUT2D eigenvalue weighted by Gasteiger charge is 2.41. The third-order valence-electron chi connectivity index (χ3n) is 6.98. The number of anilines is 1. The van der Waals surface area contributed by atoms with Crippen molar-refractivity contribution in [3.63, 3.8) is 0 Å². The Labute approximate surface area is 268 Å². The molecule has 0 saturated carbocycles. The molecule has 1 fully saturated rings. The summed E-state index contributed by atoms with van der Waals surface area (Å²) in [5, 5.41) is 10.0. The van der Waals surface area contributed by atoms with Crippen molar-refractivity contribution in [3.8, 4) is 5.75 Å². The molecule has 0 radical (unpaired) electrons. The molecule has 0 spiro atoms. The third kappa shape index (κ3) is 8.40. The Morgan fingerprint density at radius 1 is 1.09 bits per heavy atom. The van der Waals surface area contributed by atoms with E-state index < -0.39 is 40.1 Å². The number of thiazole rings is 1. The van der Waals surface area contributed by atoms with Crippen molar-refractivity contribution in [3.05, 3.63) is 75.8 Å². The number of nitrogens with two attached hydrogens (primary N) is 1. The van der Waals surface area contributed by atoms with Crippen molar-refractivity contribution >= 4 is 42.8 Å². The van der Waals surface area contributed by atoms with Gasteiger partial charge in [0.25, 0.3) is 11.5 Å². The number of nitrogens with zero attached hydrogens (tertiary/aromatic N) is 4. The van der Waals surface area contributed by atoms with Crippen molar-refractivity contribution in [2.75, 3.05) is 24.5 Å². The number of aromatic nitrogens is 3. The van der Waals surface area contributed by atoms with E-state index in [9.17, 15) is 45.1 Å². The summed E-state index contributed by atoms with van der Waals surface area (Å²) >= 11 is 1.01. The number of sulfonamides is 1. The Hall–Kier alpha value is -4.20. The molecule has 2 aromatic carbocycles. The zero-order valence-corrected chi connectivity index (χ0v) is 26.4. The molecule has 1 atom stereocenters. The second kappa shape index (κ2) is 13.9. The number of aromatic amines is 1. The molecule has 2 aromatic heterocycles. The molecule has 1 saturated heterocycles. The van der Waals surface area contributed by atoms with Crippen molar-refractivity contribution in [2.24, 2.45) is 5.73 Å². The van der Waals surface area contributed by atoms with Crippen molar-refractivity contribution in [2.45, 2.75) is 50.0 Å². The van der Waals surface area contributed by atoms with Gasteiger partial charge in [-0.3, -0.25) is 9.59 Å². The van der Waals surface area contributed by atoms with Crippen LogP contribution in [0.4, 0.5) is 27.1 Å². The van der Waals surface area contributed by atoms with Crippen LogP contribution in [-0.2, 0) is 27.3 Å². The first kappa shape index (κ1) is 35.7. The maximum atomic E-state index is 13.1. The van der Waals surface area contributed by atoms with Gasteiger partial charge in [0.2, 0.25) is 10.0 Å². The molecular weight excluding hydrogens is 675 g/mol. The van der Waals surface area contributed by atoms with E-state index in [-0.39, 0.29) is 52.4 Å². The molecule has 4 N–H and O–H groups in total. The van der Waals surface area contributed by atoms with Crippen LogP contribution in [-0.4, -0.2) is 70.8 Å². The zero-order valence-electron chi connectivity index (χ0n) is 24.8. The highest BCUT2D eigenvalue weighted by atomic mass is 32.2. The zero-order chi connectivity index (χ0) is 34.7. The summed E-state index contributed by atoms with van der Waals surface area (Å²) in [6.07, 6.45) is -5.11. The largest absolute Gasteiger partial charge is 0.573 e. The van der Waals surface area contributed by atoms with E-state index in [2.05, 4.69) is 19.7 Å². The monoisotopic (exact) mass is 704 g/mol. The molecule has 1 aliphatic heterocycles. The number of ether oxygens (including phenoxy) is 1. The fourth-order valence-corrected chi connectivity index (χ4v) is 7.03. The fourth-order valence-electron chi connectivity index (χ4n) is 4.53. The number of hydrogen-bond donors (Lipinski definition) is 3. The van der Waals surface area contributed by atoms with Gasteiger partial charge in [-0.2, -0.15) is 9.29 Å². The van der Waals surface area contributed by atoms with Gasteiger partial charge >= 0.3 is 12.3 Å². The number of fused-ring (bicyclic) bond motifs is 1. The van der Waals surface area contributed by atoms with Crippen molar-refractivity contribution in [1.29, 1.82) is 0 Å². The van der Waals surface area contributed by atoms with Crippen LogP contribution in [0.25, 0.3) is 10.3 Å². The number of rotatable bonds is 8. The van der Waals surface area contributed by atoms with Gasteiger partial charge in [-0.15, -0.1) is 13.2 Å². The molecule has 0 unspecified atom stereocenters. The lowest BCUT2D eigenvalue weighted by Gasteiger charge is -2.38. The highest BCUT2D eigenvalue weighted by molar-refractivity contribution is 7.89. The number of piperazine rings is 1. The van der Waals surface area contributed by atoms with Gasteiger partial charge in [-0.1, -0.05) is 42.5 Å². The average molecular weight is 705 g/mol. The molecule has 0 amide bonds. The maximum Gasteiger partial charge on any atom is 0.573 e. The van der Waals surface area contributed by atoms with Crippen LogP contribution in [0.2, 0.25) is 0 Å². The van der Waals surface area contributed by atoms with Crippen LogP contribution < -0.4 is 20.9 Å². The van der Waals surface area contributed by atoms with E-state index in [1.54, 1.807) is 24.0 Å². The molecule has 47 heavy (non-hydrogen) atoms. The van der Waals surface area contributed by atoms with Crippen LogP contribution in [0, 0.1) is 6.92 Å². The van der Waals surface area contributed by atoms with E-state index in [1.165, 1.54) is 19.1 Å². The molecule has 3 heterocycles. The highest BCUT2D eigenvalue weighted by Crippen LogP contribution is 2.32. The predicted octanol–water partition coefficient (Wildman–Crippen LogP) is 4.20. The number of benzene rings is 2. The number of nitrogens with one attached hydrogen (secondary N) is 1. The molecule has 254 valence electrons. The van der Waals surface area contributed by atoms with Gasteiger partial charge in [-0.05, 0) is 36.8 Å². The molecule has 4 aromatic rings. The van der Waals surface area contributed by atoms with Crippen LogP contribution in [0.1, 0.15) is 30.3 Å². The van der Waals surface area contributed by atoms with Gasteiger partial charge in [-0.25, -0.2) is 22.2 Å². The Morgan fingerprint density at radius 3 is 2.28 bits per heavy atom. The summed E-state index contributed by atoms with van der Waals surface area (Å²) in [5.74, 6) is -4.38. The van der Waals surface area contributed by atoms with Gasteiger partial charge in [0.15, 0.2) is 10.8 Å². The summed E-state index contributed by atoms with van der Waals surface area (Å²) in [4.78, 5) is 36.2. The number of H-pyrrole nitrogens is 1. The van der Waals surface area contributed by atoms with Gasteiger partial charge in [0.1, 0.15) is 22.3 Å². The summed E-state index contributed by atoms with van der Waals surface area (Å²) in [6, 6.07) is 8.13. The number of halogens is 5. The number of carboxylic acids is 1. The summed E-state index contributed by atoms with van der Waals surface area (Å²) in [7, 11) is -4.35. The lowest BCUT2D eigenvalue weighted by Crippen LogP contribution is -2.58. The molecule has 12 nitrogen and oxygen atoms in total. The van der Waals surface area contributed by atoms with Crippen LogP contribution in [0.15, 0.2) is 58.2 Å². The van der Waals surface area contributed by atoms with Gasteiger partial charge < -0.3 is 25.5 Å². The Bertz CT molecular complexity index is 1880. The second-order valence-corrected chi connectivity index (χ2v) is 13.1. The Kier molecular flexibility index (Phi) is 10.5. The summed E-state index contributed by atoms with van der Waals surface area (Å²) in [6.45, 7) is 3.01. The maximum absolute atomic E-state index is 13.1. The van der Waals surface area contributed by atoms with E-state index in [4.69, 9.17) is 5.73 Å². The van der Waals surface area contributed by atoms with Crippen LogP contribution >= 0.6 is 11.3 Å². The van der Waals surface area contributed by atoms with E-state index in [0.29, 0.717) is 17.5 Å². The number of aryl methyl sites for hydroxylation is 1. The molecule has 19 heteroatoms. The molecule has 1 aliphatic rings. The first-order valence-corrected chi connectivity index (χ1v) is 16.1. The van der Waals surface area contributed by atoms with E-state index in [1.807, 2.05) is 0 Å². The number of alkyl halides is 5. The normalized spacial score (nSPS) is 16.1. The number of aliphatic carboxylic acids is 1. The summed E-state index contributed by atoms with van der Waals surface area (Å²) < 4.78 is 94.1. The van der Waals surface area contributed by atoms with Crippen LogP contribution in [0.5, 0.6) is 5.75 Å². The molecule has 5 rings (SSSR count). The minimum atomic E-state index is -4.94. The first-order valence-electron chi connectivity index (χ1n) is 13.9. The minimum absolute atomic E-state index is 0.0622. The minimum Gasteiger partial charge on any atom is -0.480 e. The standard InChI is InChI=1S/C18H16F3N5O6S2.C10H13F2N/c1-9-22-14-13(15(27)23-9)33-17(24-14)25-6-7-26(12(8-25)16(28)29)34(30,31)11-4-2-10(3-5-11)32-18(19,20)21;1-2-10(11,12)9-5-3-8(7-13)4-6-9/h2-5,12H,6-8H2,1H3,(H,28,29)(H,22,23,27);3-6H,2,7,13H2,1H3/t12-;/m1./s1. The first-order chi connectivity index (χ1) is 21.9. The van der Waals surface area contributed by atoms with Crippen molar-refractivity contribution < 1.29 is 45.0 Å². The lowest BCUT2D eigenvalue weighted by atomic mass is 10.0. The van der Waals surface area contributed by atoms with E-state index in [0.717, 1.165) is 45.5 Å². The second-order valence-electron chi connectivity index (χ2n) is 10.2. The lowest BCUT2D eigenvalue weighted by molar-refractivity contribution is -0.274. The number of carboxylic acid groups (broad SMARTS) is 1. The molecule has 0 aliphatic carbocycles. The SMILES string of the molecule is CCC(F)(F)c1ccc(CN)cc1.Cc1nc2nc(N3CCN(S(=O)(=O)c4ccc(OC(F)(F)F)cc4)[C@@H](C(=O)O)C3)sc2c(=O)[nH]1. The predicted molar refractivity (Wildman–Crippen MR) is 162 cm³/mol. The summed E-state index contributed by atoms with van der Waals surface area (Å²) in [5.41, 5.74) is 6.10. The smallest absolute Gasteiger partial charge is 0.480 e. The average Bonchev–Trinajstić information content (AvgIpc) is 3.45. The molecular formula is C28H29F5N6O6S2. The molecule has 0 bridgehead atoms. The number of carbonyl (C=O) groups is 1. The van der Waals surface area contributed by atoms with Crippen LogP contribution in [0.3, 0.4) is 0 Å². The van der Waals surface area contributed by atoms with Gasteiger partial charge in [0, 0.05) is 38.2 Å². The van der Waals surface area contributed by atoms with E-state index >= 15 is 0 Å². The topological polar surface area (TPSA) is 172 Å². The van der Waals surface area contributed by atoms with Gasteiger partial charge in [0.05, 0.1) is 4.90 Å². The quantitative estimate of drug-likeness (QED) is 0.226.